The molecule has 0 saturated heterocycles. The van der Waals surface area contributed by atoms with Crippen molar-refractivity contribution in [2.45, 2.75) is 100 Å². The van der Waals surface area contributed by atoms with Crippen molar-refractivity contribution in [3.05, 3.63) is 60.7 Å². The monoisotopic (exact) mass is 464 g/mol. The maximum Gasteiger partial charge on any atom is -0.00971 e. The van der Waals surface area contributed by atoms with E-state index in [9.17, 15) is 0 Å². The largest absolute Gasteiger partial charge is 0.100 e. The highest BCUT2D eigenvalue weighted by atomic mass is 31.1. The highest BCUT2D eigenvalue weighted by molar-refractivity contribution is 7.73. The number of hydrogen-bond acceptors (Lipinski definition) is 0. The second kappa shape index (κ2) is 11.6. The Morgan fingerprint density at radius 2 is 1.03 bits per heavy atom. The molecule has 3 aliphatic rings. The van der Waals surface area contributed by atoms with Crippen LogP contribution in [0.1, 0.15) is 83.5 Å². The first-order valence-electron chi connectivity index (χ1n) is 13.6. The topological polar surface area (TPSA) is 0 Å². The molecule has 2 atom stereocenters. The highest BCUT2D eigenvalue weighted by Gasteiger charge is 2.39. The van der Waals surface area contributed by atoms with E-state index in [1.165, 1.54) is 57.8 Å². The molecule has 3 aliphatic carbocycles. The quantitative estimate of drug-likeness (QED) is 0.361. The Morgan fingerprint density at radius 3 is 1.53 bits per heavy atom. The lowest BCUT2D eigenvalue weighted by Gasteiger charge is -2.41. The smallest absolute Gasteiger partial charge is 0.00971 e. The summed E-state index contributed by atoms with van der Waals surface area (Å²) in [4.78, 5) is 0. The van der Waals surface area contributed by atoms with Crippen molar-refractivity contribution in [2.75, 3.05) is 6.16 Å². The molecule has 2 aromatic carbocycles. The first kappa shape index (κ1) is 23.1. The molecule has 32 heavy (non-hydrogen) atoms. The molecule has 0 amide bonds. The lowest BCUT2D eigenvalue weighted by atomic mass is 9.99. The van der Waals surface area contributed by atoms with E-state index in [0.717, 1.165) is 22.9 Å². The summed E-state index contributed by atoms with van der Waals surface area (Å²) in [5.74, 6) is 0.969. The van der Waals surface area contributed by atoms with Gasteiger partial charge in [0.2, 0.25) is 0 Å². The zero-order chi connectivity index (χ0) is 21.6. The predicted molar refractivity (Wildman–Crippen MR) is 146 cm³/mol. The third-order valence-electron chi connectivity index (χ3n) is 8.55. The standard InChI is InChI=1S/C30H42P2/c1-5-15-26(16-6-1)31(27-17-7-2-8-18-27)24-25-14-13-23-30(25)32(28-19-9-3-10-20-28)29-21-11-4-12-22-29/h3-4,9-12,19-22,25-27,30H,1-2,5-8,13-18,23-24H2/t25-,30?/m1/s1. The van der Waals surface area contributed by atoms with Gasteiger partial charge in [0.25, 0.3) is 0 Å². The predicted octanol–water partition coefficient (Wildman–Crippen LogP) is 8.44. The van der Waals surface area contributed by atoms with Crippen LogP contribution in [0, 0.1) is 5.92 Å². The van der Waals surface area contributed by atoms with Crippen LogP contribution in [0.15, 0.2) is 60.7 Å². The average Bonchev–Trinajstić information content (AvgIpc) is 3.33. The van der Waals surface area contributed by atoms with E-state index in [-0.39, 0.29) is 15.8 Å². The van der Waals surface area contributed by atoms with Gasteiger partial charge in [0.05, 0.1) is 0 Å². The van der Waals surface area contributed by atoms with Gasteiger partial charge < -0.3 is 0 Å². The van der Waals surface area contributed by atoms with Gasteiger partial charge >= 0.3 is 0 Å². The third-order valence-corrected chi connectivity index (χ3v) is 15.4. The average molecular weight is 465 g/mol. The van der Waals surface area contributed by atoms with Crippen LogP contribution in [0.4, 0.5) is 0 Å². The molecule has 2 aromatic rings. The van der Waals surface area contributed by atoms with Crippen LogP contribution in [0.3, 0.4) is 0 Å². The minimum atomic E-state index is -0.246. The fourth-order valence-corrected chi connectivity index (χ4v) is 14.5. The Morgan fingerprint density at radius 1 is 0.531 bits per heavy atom. The van der Waals surface area contributed by atoms with Crippen molar-refractivity contribution in [3.63, 3.8) is 0 Å². The van der Waals surface area contributed by atoms with E-state index < -0.39 is 0 Å². The zero-order valence-corrected chi connectivity index (χ0v) is 21.7. The highest BCUT2D eigenvalue weighted by Crippen LogP contribution is 2.60. The molecule has 0 aromatic heterocycles. The molecule has 0 aliphatic heterocycles. The van der Waals surface area contributed by atoms with Crippen LogP contribution in [0.5, 0.6) is 0 Å². The van der Waals surface area contributed by atoms with Gasteiger partial charge in [-0.15, -0.1) is 7.92 Å². The lowest BCUT2D eigenvalue weighted by molar-refractivity contribution is 0.479. The van der Waals surface area contributed by atoms with Gasteiger partial charge in [-0.25, -0.2) is 0 Å². The molecule has 2 heteroatoms. The van der Waals surface area contributed by atoms with Crippen molar-refractivity contribution in [3.8, 4) is 0 Å². The summed E-state index contributed by atoms with van der Waals surface area (Å²) in [6.45, 7) is 0. The molecule has 3 saturated carbocycles. The Bertz CT molecular complexity index is 735. The van der Waals surface area contributed by atoms with Crippen LogP contribution in [0.25, 0.3) is 0 Å². The van der Waals surface area contributed by atoms with Gasteiger partial charge in [-0.1, -0.05) is 106 Å². The van der Waals surface area contributed by atoms with Gasteiger partial charge in [-0.2, -0.15) is 0 Å². The van der Waals surface area contributed by atoms with Gasteiger partial charge in [0, 0.05) is 0 Å². The summed E-state index contributed by atoms with van der Waals surface area (Å²) in [7, 11) is -0.0333. The van der Waals surface area contributed by atoms with Gasteiger partial charge in [0.15, 0.2) is 0 Å². The molecule has 172 valence electrons. The van der Waals surface area contributed by atoms with Crippen LogP contribution in [0.2, 0.25) is 0 Å². The Hall–Kier alpha value is -0.700. The maximum atomic E-state index is 2.43. The molecule has 0 heterocycles. The second-order valence-electron chi connectivity index (χ2n) is 10.6. The van der Waals surface area contributed by atoms with Crippen molar-refractivity contribution in [2.24, 2.45) is 5.92 Å². The summed E-state index contributed by atoms with van der Waals surface area (Å²) in [6, 6.07) is 23.2. The second-order valence-corrected chi connectivity index (χ2v) is 15.9. The Kier molecular flexibility index (Phi) is 8.38. The van der Waals surface area contributed by atoms with E-state index in [4.69, 9.17) is 0 Å². The van der Waals surface area contributed by atoms with E-state index in [0.29, 0.717) is 0 Å². The minimum absolute atomic E-state index is 0.213. The van der Waals surface area contributed by atoms with Crippen LogP contribution >= 0.6 is 15.8 Å². The van der Waals surface area contributed by atoms with Crippen LogP contribution < -0.4 is 10.6 Å². The number of rotatable bonds is 7. The Labute approximate surface area is 199 Å². The molecule has 0 nitrogen and oxygen atoms in total. The molecular formula is C30H42P2. The van der Waals surface area contributed by atoms with Gasteiger partial charge in [-0.05, 0) is 86.1 Å². The van der Waals surface area contributed by atoms with Crippen molar-refractivity contribution in [1.82, 2.24) is 0 Å². The molecule has 0 spiro atoms. The molecule has 0 bridgehead atoms. The SMILES string of the molecule is c1ccc(P(c2ccccc2)C2CCC[C@@H]2CP(C2CCCCC2)C2CCCCC2)cc1. The van der Waals surface area contributed by atoms with Crippen molar-refractivity contribution < 1.29 is 0 Å². The molecule has 5 rings (SSSR count). The Balaban J connectivity index is 1.41. The van der Waals surface area contributed by atoms with Crippen LogP contribution in [-0.4, -0.2) is 23.1 Å². The summed E-state index contributed by atoms with van der Waals surface area (Å²) >= 11 is 0. The molecular weight excluding hydrogens is 422 g/mol. The normalized spacial score (nSPS) is 25.6. The summed E-state index contributed by atoms with van der Waals surface area (Å²) in [6.07, 6.45) is 21.4. The summed E-state index contributed by atoms with van der Waals surface area (Å²) in [5.41, 5.74) is 3.09. The van der Waals surface area contributed by atoms with Crippen molar-refractivity contribution >= 4 is 26.5 Å². The van der Waals surface area contributed by atoms with Gasteiger partial charge in [-0.3, -0.25) is 0 Å². The van der Waals surface area contributed by atoms with Gasteiger partial charge in [0.1, 0.15) is 0 Å². The summed E-state index contributed by atoms with van der Waals surface area (Å²) < 4.78 is 0. The van der Waals surface area contributed by atoms with E-state index in [2.05, 4.69) is 60.7 Å². The van der Waals surface area contributed by atoms with Crippen molar-refractivity contribution in [1.29, 1.82) is 0 Å². The molecule has 1 unspecified atom stereocenters. The van der Waals surface area contributed by atoms with E-state index in [1.54, 1.807) is 42.5 Å². The fraction of sp³-hybridized carbons (Fsp3) is 0.600. The maximum absolute atomic E-state index is 2.43. The first-order chi connectivity index (χ1) is 15.9. The zero-order valence-electron chi connectivity index (χ0n) is 19.9. The number of benzene rings is 2. The fourth-order valence-electron chi connectivity index (χ4n) is 6.97. The molecule has 0 N–H and O–H groups in total. The lowest BCUT2D eigenvalue weighted by Crippen LogP contribution is -2.29. The minimum Gasteiger partial charge on any atom is -0.100 e. The summed E-state index contributed by atoms with van der Waals surface area (Å²) in [5, 5.41) is 3.23. The third kappa shape index (κ3) is 5.50. The number of hydrogen-bond donors (Lipinski definition) is 0. The molecule has 0 radical (unpaired) electrons. The van der Waals surface area contributed by atoms with E-state index in [1.807, 2.05) is 0 Å². The molecule has 3 fully saturated rings. The van der Waals surface area contributed by atoms with E-state index >= 15 is 0 Å². The first-order valence-corrected chi connectivity index (χ1v) is 16.6. The van der Waals surface area contributed by atoms with Crippen LogP contribution in [-0.2, 0) is 0 Å².